The van der Waals surface area contributed by atoms with Crippen molar-refractivity contribution in [2.75, 3.05) is 6.61 Å². The van der Waals surface area contributed by atoms with Gasteiger partial charge in [-0.05, 0) is 32.0 Å². The van der Waals surface area contributed by atoms with Gasteiger partial charge in [-0.3, -0.25) is 4.57 Å². The lowest BCUT2D eigenvalue weighted by Gasteiger charge is -2.37. The van der Waals surface area contributed by atoms with Crippen molar-refractivity contribution >= 4 is 31.1 Å². The lowest BCUT2D eigenvalue weighted by molar-refractivity contribution is -0.199. The normalized spacial score (nSPS) is 29.5. The number of rotatable bonds is 4. The van der Waals surface area contributed by atoms with Crippen molar-refractivity contribution in [2.24, 2.45) is 0 Å². The van der Waals surface area contributed by atoms with Gasteiger partial charge in [-0.1, -0.05) is 32.4 Å². The Kier molecular flexibility index (Phi) is 5.08. The minimum Gasteiger partial charge on any atom is -0.414 e. The van der Waals surface area contributed by atoms with Crippen LogP contribution >= 0.6 is 11.6 Å². The summed E-state index contributed by atoms with van der Waals surface area (Å²) in [4.78, 5) is 12.7. The molecule has 0 aliphatic carbocycles. The zero-order valence-electron chi connectivity index (χ0n) is 18.0. The van der Waals surface area contributed by atoms with Gasteiger partial charge in [0.25, 0.3) is 0 Å². The zero-order chi connectivity index (χ0) is 21.2. The molecule has 4 atom stereocenters. The van der Waals surface area contributed by atoms with Crippen molar-refractivity contribution in [1.29, 1.82) is 0 Å². The Hall–Kier alpha value is -1.10. The Morgan fingerprint density at radius 2 is 1.86 bits per heavy atom. The molecule has 0 N–H and O–H groups in total. The summed E-state index contributed by atoms with van der Waals surface area (Å²) in [6.07, 6.45) is 1.85. The second-order valence-corrected chi connectivity index (χ2v) is 14.9. The number of fused-ring (bicyclic) bond motifs is 2. The van der Waals surface area contributed by atoms with Crippen molar-refractivity contribution < 1.29 is 18.6 Å². The van der Waals surface area contributed by atoms with Crippen LogP contribution in [0.25, 0.3) is 11.2 Å². The summed E-state index contributed by atoms with van der Waals surface area (Å²) in [5.74, 6) is -0.699. The number of hydrogen-bond acceptors (Lipinski definition) is 7. The Morgan fingerprint density at radius 3 is 2.55 bits per heavy atom. The van der Waals surface area contributed by atoms with Crippen LogP contribution in [0.2, 0.25) is 23.3 Å². The van der Waals surface area contributed by atoms with Gasteiger partial charge in [-0.2, -0.15) is 0 Å². The highest BCUT2D eigenvalue weighted by Crippen LogP contribution is 2.45. The van der Waals surface area contributed by atoms with E-state index in [0.717, 1.165) is 0 Å². The van der Waals surface area contributed by atoms with E-state index in [4.69, 9.17) is 30.2 Å². The molecule has 2 fully saturated rings. The van der Waals surface area contributed by atoms with Crippen LogP contribution in [-0.2, 0) is 18.6 Å². The fraction of sp³-hybridized carbons (Fsp3) is 0.737. The molecule has 2 saturated heterocycles. The van der Waals surface area contributed by atoms with E-state index < -0.39 is 20.3 Å². The molecule has 2 aromatic rings. The summed E-state index contributed by atoms with van der Waals surface area (Å²) >= 11 is 6.17. The van der Waals surface area contributed by atoms with E-state index in [-0.39, 0.29) is 23.4 Å². The summed E-state index contributed by atoms with van der Waals surface area (Å²) in [6.45, 7) is 15.4. The highest BCUT2D eigenvalue weighted by molar-refractivity contribution is 6.74. The number of imidazole rings is 1. The molecule has 2 aliphatic rings. The highest BCUT2D eigenvalue weighted by atomic mass is 35.5. The summed E-state index contributed by atoms with van der Waals surface area (Å²) < 4.78 is 27.1. The number of hydrogen-bond donors (Lipinski definition) is 0. The van der Waals surface area contributed by atoms with Crippen molar-refractivity contribution in [2.45, 2.75) is 83.1 Å². The van der Waals surface area contributed by atoms with Crippen molar-refractivity contribution in [3.8, 4) is 0 Å². The van der Waals surface area contributed by atoms with Gasteiger partial charge < -0.3 is 18.6 Å². The molecule has 8 nitrogen and oxygen atoms in total. The first-order valence-electron chi connectivity index (χ1n) is 9.88. The van der Waals surface area contributed by atoms with Crippen LogP contribution in [0, 0.1) is 0 Å². The van der Waals surface area contributed by atoms with E-state index in [1.54, 1.807) is 6.33 Å². The molecule has 0 bridgehead atoms. The summed E-state index contributed by atoms with van der Waals surface area (Å²) in [5, 5.41) is 0.426. The van der Waals surface area contributed by atoms with E-state index in [1.807, 2.05) is 18.4 Å². The quantitative estimate of drug-likeness (QED) is 0.526. The van der Waals surface area contributed by atoms with Crippen LogP contribution in [0.4, 0.5) is 0 Å². The zero-order valence-corrected chi connectivity index (χ0v) is 19.7. The maximum absolute atomic E-state index is 6.43. The Bertz CT molecular complexity index is 913. The third-order valence-corrected chi connectivity index (χ3v) is 10.9. The number of nitrogens with zero attached hydrogens (tertiary/aromatic N) is 4. The third kappa shape index (κ3) is 3.73. The smallest absolute Gasteiger partial charge is 0.192 e. The van der Waals surface area contributed by atoms with Gasteiger partial charge in [0.1, 0.15) is 30.2 Å². The Morgan fingerprint density at radius 1 is 1.17 bits per heavy atom. The fourth-order valence-corrected chi connectivity index (χ4v) is 4.72. The minimum atomic E-state index is -1.93. The first kappa shape index (κ1) is 21.1. The molecule has 29 heavy (non-hydrogen) atoms. The van der Waals surface area contributed by atoms with E-state index in [9.17, 15) is 0 Å². The van der Waals surface area contributed by atoms with Gasteiger partial charge >= 0.3 is 0 Å². The molecule has 160 valence electrons. The molecular formula is C19H29ClN4O4Si. The molecule has 0 radical (unpaired) electrons. The first-order valence-corrected chi connectivity index (χ1v) is 13.2. The Balaban J connectivity index is 1.62. The molecule has 2 aliphatic heterocycles. The number of halogens is 1. The van der Waals surface area contributed by atoms with Crippen LogP contribution in [0.3, 0.4) is 0 Å². The molecule has 4 heterocycles. The molecule has 4 rings (SSSR count). The first-order chi connectivity index (χ1) is 13.4. The maximum atomic E-state index is 6.43. The SMILES string of the molecule is CC1(C)O[C@@H]2[C@H](O1)[C@@H](CO[Si](C)(C)C(C)(C)C)O[C@H]2n1cnc2c(Cl)ncnc21. The van der Waals surface area contributed by atoms with E-state index in [0.29, 0.717) is 22.9 Å². The molecule has 10 heteroatoms. The monoisotopic (exact) mass is 440 g/mol. The van der Waals surface area contributed by atoms with Gasteiger partial charge in [0, 0.05) is 0 Å². The Labute approximate surface area is 177 Å². The standard InChI is InChI=1S/C19H29ClN4O4Si/c1-18(2,3)29(6,7)25-8-11-13-14(28-19(4,5)27-13)17(26-11)24-10-23-12-15(20)21-9-22-16(12)24/h9-11,13-14,17H,8H2,1-7H3/t11-,13-,14-,17-/m1/s1. The van der Waals surface area contributed by atoms with Crippen LogP contribution in [0.15, 0.2) is 12.7 Å². The van der Waals surface area contributed by atoms with Crippen LogP contribution in [0.1, 0.15) is 40.8 Å². The van der Waals surface area contributed by atoms with Crippen molar-refractivity contribution in [3.63, 3.8) is 0 Å². The topological polar surface area (TPSA) is 80.5 Å². The predicted molar refractivity (Wildman–Crippen MR) is 111 cm³/mol. The largest absolute Gasteiger partial charge is 0.414 e. The van der Waals surface area contributed by atoms with E-state index in [1.165, 1.54) is 6.33 Å². The summed E-state index contributed by atoms with van der Waals surface area (Å²) in [5.41, 5.74) is 1.14. The third-order valence-electron chi connectivity index (χ3n) is 6.13. The molecule has 0 unspecified atom stereocenters. The van der Waals surface area contributed by atoms with Gasteiger partial charge in [-0.15, -0.1) is 0 Å². The van der Waals surface area contributed by atoms with Crippen molar-refractivity contribution in [1.82, 2.24) is 19.5 Å². The average Bonchev–Trinajstić information content (AvgIpc) is 3.24. The van der Waals surface area contributed by atoms with Gasteiger partial charge in [0.15, 0.2) is 31.1 Å². The number of aromatic nitrogens is 4. The highest BCUT2D eigenvalue weighted by Gasteiger charge is 2.56. The van der Waals surface area contributed by atoms with Gasteiger partial charge in [0.2, 0.25) is 0 Å². The molecular weight excluding hydrogens is 412 g/mol. The summed E-state index contributed by atoms with van der Waals surface area (Å²) in [6, 6.07) is 0. The summed E-state index contributed by atoms with van der Waals surface area (Å²) in [7, 11) is -1.93. The van der Waals surface area contributed by atoms with Crippen molar-refractivity contribution in [3.05, 3.63) is 17.8 Å². The second-order valence-electron chi connectivity index (χ2n) is 9.69. The maximum Gasteiger partial charge on any atom is 0.192 e. The van der Waals surface area contributed by atoms with E-state index in [2.05, 4.69) is 48.8 Å². The fourth-order valence-electron chi connectivity index (χ4n) is 3.53. The molecule has 0 amide bonds. The second kappa shape index (κ2) is 6.96. The van der Waals surface area contributed by atoms with Gasteiger partial charge in [-0.25, -0.2) is 15.0 Å². The molecule has 0 aromatic carbocycles. The molecule has 0 spiro atoms. The molecule has 2 aromatic heterocycles. The minimum absolute atomic E-state index is 0.116. The average molecular weight is 441 g/mol. The van der Waals surface area contributed by atoms with Gasteiger partial charge in [0.05, 0.1) is 12.9 Å². The van der Waals surface area contributed by atoms with E-state index >= 15 is 0 Å². The number of ether oxygens (including phenoxy) is 3. The predicted octanol–water partition coefficient (Wildman–Crippen LogP) is 3.92. The van der Waals surface area contributed by atoms with Crippen LogP contribution in [0.5, 0.6) is 0 Å². The molecule has 0 saturated carbocycles. The lowest BCUT2D eigenvalue weighted by atomic mass is 10.1. The van der Waals surface area contributed by atoms with Crippen LogP contribution < -0.4 is 0 Å². The van der Waals surface area contributed by atoms with Crippen LogP contribution in [-0.4, -0.2) is 58.5 Å². The lowest BCUT2D eigenvalue weighted by Crippen LogP contribution is -2.44.